The fourth-order valence-electron chi connectivity index (χ4n) is 3.44. The van der Waals surface area contributed by atoms with E-state index in [2.05, 4.69) is 22.3 Å². The zero-order valence-electron chi connectivity index (χ0n) is 11.0. The van der Waals surface area contributed by atoms with Crippen LogP contribution in [0.15, 0.2) is 30.3 Å². The average molecular weight is 255 g/mol. The van der Waals surface area contributed by atoms with Crippen molar-refractivity contribution in [3.8, 4) is 0 Å². The molecule has 1 aromatic heterocycles. The molecule has 0 spiro atoms. The van der Waals surface area contributed by atoms with Crippen LogP contribution in [0.25, 0.3) is 10.9 Å². The highest BCUT2D eigenvalue weighted by Crippen LogP contribution is 2.31. The van der Waals surface area contributed by atoms with Crippen LogP contribution in [-0.4, -0.2) is 40.5 Å². The Morgan fingerprint density at radius 2 is 2.00 bits per heavy atom. The van der Waals surface area contributed by atoms with Gasteiger partial charge < -0.3 is 14.8 Å². The fourth-order valence-corrected chi connectivity index (χ4v) is 3.44. The smallest absolute Gasteiger partial charge is 0.271 e. The molecule has 98 valence electrons. The second kappa shape index (κ2) is 3.84. The van der Waals surface area contributed by atoms with Crippen LogP contribution in [0.1, 0.15) is 16.9 Å². The molecule has 2 aliphatic rings. The number of benzene rings is 1. The van der Waals surface area contributed by atoms with Gasteiger partial charge in [0.1, 0.15) is 5.69 Å². The minimum absolute atomic E-state index is 0.182. The van der Waals surface area contributed by atoms with Gasteiger partial charge in [-0.05, 0) is 18.6 Å². The van der Waals surface area contributed by atoms with Crippen molar-refractivity contribution < 1.29 is 4.79 Å². The third kappa shape index (κ3) is 1.46. The van der Waals surface area contributed by atoms with Crippen molar-refractivity contribution >= 4 is 16.8 Å². The third-order valence-electron chi connectivity index (χ3n) is 4.50. The largest absolute Gasteiger partial charge is 0.340 e. The number of hydrogen-bond acceptors (Lipinski definition) is 2. The monoisotopic (exact) mass is 255 g/mol. The number of carbonyl (C=O) groups excluding carboxylic acids is 1. The summed E-state index contributed by atoms with van der Waals surface area (Å²) in [5.41, 5.74) is 1.92. The van der Waals surface area contributed by atoms with E-state index in [9.17, 15) is 4.79 Å². The molecule has 0 saturated carbocycles. The van der Waals surface area contributed by atoms with E-state index in [1.54, 1.807) is 0 Å². The van der Waals surface area contributed by atoms with Crippen LogP contribution in [0, 0.1) is 0 Å². The molecule has 2 saturated heterocycles. The number of fused-ring (bicyclic) bond motifs is 3. The Morgan fingerprint density at radius 1 is 1.26 bits per heavy atom. The quantitative estimate of drug-likeness (QED) is 0.835. The lowest BCUT2D eigenvalue weighted by Crippen LogP contribution is -2.69. The summed E-state index contributed by atoms with van der Waals surface area (Å²) in [7, 11) is 1.98. The van der Waals surface area contributed by atoms with E-state index in [0.29, 0.717) is 12.1 Å². The topological polar surface area (TPSA) is 37.3 Å². The van der Waals surface area contributed by atoms with Gasteiger partial charge in [-0.2, -0.15) is 0 Å². The van der Waals surface area contributed by atoms with Crippen LogP contribution >= 0.6 is 0 Å². The van der Waals surface area contributed by atoms with Gasteiger partial charge in [0.15, 0.2) is 0 Å². The fraction of sp³-hybridized carbons (Fsp3) is 0.400. The molecule has 3 heterocycles. The molecule has 2 unspecified atom stereocenters. The normalized spacial score (nSPS) is 25.4. The Balaban J connectivity index is 1.74. The number of carbonyl (C=O) groups is 1. The summed E-state index contributed by atoms with van der Waals surface area (Å²) < 4.78 is 2.01. The standard InChI is InChI=1S/C15H17N3O/c1-17-13-5-3-2-4-10(13)6-14(17)15(19)18-11-7-12(18)9-16-8-11/h2-6,11-12,16H,7-9H2,1H3. The predicted octanol–water partition coefficient (Wildman–Crippen LogP) is 1.36. The Labute approximate surface area is 112 Å². The van der Waals surface area contributed by atoms with E-state index in [0.717, 1.165) is 36.1 Å². The first-order valence-corrected chi connectivity index (χ1v) is 6.83. The second-order valence-electron chi connectivity index (χ2n) is 5.56. The molecule has 19 heavy (non-hydrogen) atoms. The molecule has 4 heteroatoms. The zero-order chi connectivity index (χ0) is 13.0. The number of aryl methyl sites for hydroxylation is 1. The van der Waals surface area contributed by atoms with Crippen LogP contribution in [0.4, 0.5) is 0 Å². The first-order chi connectivity index (χ1) is 9.25. The minimum atomic E-state index is 0.182. The van der Waals surface area contributed by atoms with Gasteiger partial charge in [0.2, 0.25) is 0 Å². The molecule has 1 amide bonds. The maximum absolute atomic E-state index is 12.7. The summed E-state index contributed by atoms with van der Waals surface area (Å²) in [6, 6.07) is 10.9. The van der Waals surface area contributed by atoms with Crippen molar-refractivity contribution in [3.05, 3.63) is 36.0 Å². The molecule has 2 fully saturated rings. The first-order valence-electron chi connectivity index (χ1n) is 6.83. The Bertz CT molecular complexity index is 646. The van der Waals surface area contributed by atoms with Gasteiger partial charge in [-0.3, -0.25) is 4.79 Å². The van der Waals surface area contributed by atoms with E-state index < -0.39 is 0 Å². The van der Waals surface area contributed by atoms with Crippen molar-refractivity contribution in [2.24, 2.45) is 7.05 Å². The van der Waals surface area contributed by atoms with E-state index in [-0.39, 0.29) is 5.91 Å². The highest BCUT2D eigenvalue weighted by Gasteiger charge is 2.44. The summed E-state index contributed by atoms with van der Waals surface area (Å²) in [5.74, 6) is 0.182. The van der Waals surface area contributed by atoms with Gasteiger partial charge in [0, 0.05) is 43.1 Å². The van der Waals surface area contributed by atoms with Crippen LogP contribution in [0.5, 0.6) is 0 Å². The summed E-state index contributed by atoms with van der Waals surface area (Å²) in [4.78, 5) is 14.8. The summed E-state index contributed by atoms with van der Waals surface area (Å²) in [6.45, 7) is 1.87. The van der Waals surface area contributed by atoms with Crippen LogP contribution in [-0.2, 0) is 7.05 Å². The lowest BCUT2D eigenvalue weighted by atomic mass is 9.88. The van der Waals surface area contributed by atoms with Crippen molar-refractivity contribution in [1.29, 1.82) is 0 Å². The summed E-state index contributed by atoms with van der Waals surface area (Å²) >= 11 is 0. The average Bonchev–Trinajstić information content (AvgIpc) is 2.77. The van der Waals surface area contributed by atoms with Crippen molar-refractivity contribution in [3.63, 3.8) is 0 Å². The molecule has 2 bridgehead atoms. The summed E-state index contributed by atoms with van der Waals surface area (Å²) in [6.07, 6.45) is 1.16. The van der Waals surface area contributed by atoms with Gasteiger partial charge in [-0.15, -0.1) is 0 Å². The molecule has 1 aromatic carbocycles. The molecule has 0 radical (unpaired) electrons. The maximum atomic E-state index is 12.7. The molecular weight excluding hydrogens is 238 g/mol. The number of aromatic nitrogens is 1. The molecule has 4 rings (SSSR count). The predicted molar refractivity (Wildman–Crippen MR) is 74.2 cm³/mol. The van der Waals surface area contributed by atoms with Gasteiger partial charge in [-0.1, -0.05) is 18.2 Å². The van der Waals surface area contributed by atoms with Crippen molar-refractivity contribution in [2.45, 2.75) is 18.5 Å². The van der Waals surface area contributed by atoms with Gasteiger partial charge >= 0.3 is 0 Å². The molecule has 2 aliphatic heterocycles. The Morgan fingerprint density at radius 3 is 2.68 bits per heavy atom. The molecule has 2 atom stereocenters. The third-order valence-corrected chi connectivity index (χ3v) is 4.50. The molecular formula is C15H17N3O. The Kier molecular flexibility index (Phi) is 2.23. The van der Waals surface area contributed by atoms with Crippen molar-refractivity contribution in [2.75, 3.05) is 13.1 Å². The first kappa shape index (κ1) is 11.1. The SMILES string of the molecule is Cn1c(C(=O)N2C3CNCC2C3)cc2ccccc21. The zero-order valence-corrected chi connectivity index (χ0v) is 11.0. The highest BCUT2D eigenvalue weighted by atomic mass is 16.2. The number of nitrogens with one attached hydrogen (secondary N) is 1. The van der Waals surface area contributed by atoms with Crippen LogP contribution in [0.3, 0.4) is 0 Å². The molecule has 1 N–H and O–H groups in total. The van der Waals surface area contributed by atoms with Gasteiger partial charge in [0.05, 0.1) is 0 Å². The number of piperazine rings is 1. The summed E-state index contributed by atoms with van der Waals surface area (Å²) in [5, 5.41) is 4.50. The maximum Gasteiger partial charge on any atom is 0.271 e. The number of amides is 1. The van der Waals surface area contributed by atoms with Gasteiger partial charge in [0.25, 0.3) is 5.91 Å². The Hall–Kier alpha value is -1.81. The number of piperidine rings is 1. The molecule has 2 aromatic rings. The number of hydrogen-bond donors (Lipinski definition) is 1. The van der Waals surface area contributed by atoms with Crippen LogP contribution < -0.4 is 5.32 Å². The molecule has 0 aliphatic carbocycles. The van der Waals surface area contributed by atoms with Gasteiger partial charge in [-0.25, -0.2) is 0 Å². The number of rotatable bonds is 1. The van der Waals surface area contributed by atoms with Crippen LogP contribution in [0.2, 0.25) is 0 Å². The van der Waals surface area contributed by atoms with E-state index in [4.69, 9.17) is 0 Å². The lowest BCUT2D eigenvalue weighted by Gasteiger charge is -2.53. The number of para-hydroxylation sites is 1. The highest BCUT2D eigenvalue weighted by molar-refractivity contribution is 5.99. The molecule has 4 nitrogen and oxygen atoms in total. The van der Waals surface area contributed by atoms with E-state index in [1.165, 1.54) is 0 Å². The van der Waals surface area contributed by atoms with E-state index in [1.807, 2.05) is 29.8 Å². The lowest BCUT2D eigenvalue weighted by molar-refractivity contribution is -0.00291. The van der Waals surface area contributed by atoms with E-state index >= 15 is 0 Å². The minimum Gasteiger partial charge on any atom is -0.340 e. The number of nitrogens with zero attached hydrogens (tertiary/aromatic N) is 2. The second-order valence-corrected chi connectivity index (χ2v) is 5.56. The van der Waals surface area contributed by atoms with Crippen molar-refractivity contribution in [1.82, 2.24) is 14.8 Å².